The van der Waals surface area contributed by atoms with Crippen LogP contribution < -0.4 is 5.73 Å². The molecule has 102 valence electrons. The van der Waals surface area contributed by atoms with Gasteiger partial charge in [-0.05, 0) is 18.4 Å². The predicted molar refractivity (Wildman–Crippen MR) is 70.9 cm³/mol. The van der Waals surface area contributed by atoms with Crippen molar-refractivity contribution in [3.63, 3.8) is 0 Å². The molecule has 1 heterocycles. The number of unbranched alkanes of at least 4 members (excludes halogenated alkanes) is 1. The lowest BCUT2D eigenvalue weighted by atomic mass is 10.0. The topological polar surface area (TPSA) is 70.1 Å². The fraction of sp³-hybridized carbons (Fsp3) is 0.692. The Kier molecular flexibility index (Phi) is 6.25. The second-order valence-electron chi connectivity index (χ2n) is 4.54. The van der Waals surface area contributed by atoms with Crippen molar-refractivity contribution < 1.29 is 9.53 Å². The van der Waals surface area contributed by atoms with Crippen LogP contribution in [0.4, 0.5) is 5.82 Å². The second kappa shape index (κ2) is 7.74. The molecule has 5 heteroatoms. The molecule has 0 fully saturated rings. The Bertz CT molecular complexity index is 363. The molecule has 0 aliphatic heterocycles. The number of nitrogen functional groups attached to an aromatic ring is 1. The van der Waals surface area contributed by atoms with Crippen LogP contribution in [-0.2, 0) is 16.1 Å². The summed E-state index contributed by atoms with van der Waals surface area (Å²) in [6.45, 7) is 4.93. The van der Waals surface area contributed by atoms with E-state index < -0.39 is 0 Å². The predicted octanol–water partition coefficient (Wildman–Crippen LogP) is 2.22. The summed E-state index contributed by atoms with van der Waals surface area (Å²) >= 11 is 0. The van der Waals surface area contributed by atoms with Crippen molar-refractivity contribution >= 4 is 11.8 Å². The lowest BCUT2D eigenvalue weighted by Crippen LogP contribution is -2.18. The average Bonchev–Trinajstić information content (AvgIpc) is 2.75. The minimum atomic E-state index is -0.256. The second-order valence-corrected chi connectivity index (χ2v) is 4.54. The molecule has 1 aromatic rings. The highest BCUT2D eigenvalue weighted by Crippen LogP contribution is 2.13. The third kappa shape index (κ3) is 5.21. The quantitative estimate of drug-likeness (QED) is 0.721. The van der Waals surface area contributed by atoms with Gasteiger partial charge in [-0.25, -0.2) is 0 Å². The zero-order valence-corrected chi connectivity index (χ0v) is 11.3. The monoisotopic (exact) mass is 253 g/mol. The first-order valence-corrected chi connectivity index (χ1v) is 6.60. The summed E-state index contributed by atoms with van der Waals surface area (Å²) in [5, 5.41) is 3.94. The first kappa shape index (κ1) is 14.5. The summed E-state index contributed by atoms with van der Waals surface area (Å²) in [6.07, 6.45) is 6.20. The molecular weight excluding hydrogens is 230 g/mol. The van der Waals surface area contributed by atoms with Crippen molar-refractivity contribution in [1.82, 2.24) is 9.78 Å². The van der Waals surface area contributed by atoms with Gasteiger partial charge in [-0.1, -0.05) is 33.1 Å². The van der Waals surface area contributed by atoms with Crippen LogP contribution in [0.5, 0.6) is 0 Å². The van der Waals surface area contributed by atoms with Crippen LogP contribution in [-0.4, -0.2) is 22.4 Å². The van der Waals surface area contributed by atoms with E-state index in [2.05, 4.69) is 18.9 Å². The molecule has 0 aliphatic rings. The first-order valence-electron chi connectivity index (χ1n) is 6.60. The van der Waals surface area contributed by atoms with Gasteiger partial charge in [0.1, 0.15) is 12.4 Å². The van der Waals surface area contributed by atoms with Crippen molar-refractivity contribution in [2.45, 2.75) is 46.1 Å². The Morgan fingerprint density at radius 3 is 2.89 bits per heavy atom. The van der Waals surface area contributed by atoms with Crippen molar-refractivity contribution in [2.75, 3.05) is 12.3 Å². The number of esters is 1. The van der Waals surface area contributed by atoms with Crippen molar-refractivity contribution in [3.05, 3.63) is 12.3 Å². The van der Waals surface area contributed by atoms with Crippen LogP contribution in [0, 0.1) is 5.92 Å². The van der Waals surface area contributed by atoms with Crippen LogP contribution in [0.1, 0.15) is 39.5 Å². The zero-order valence-electron chi connectivity index (χ0n) is 11.3. The van der Waals surface area contributed by atoms with E-state index in [9.17, 15) is 4.79 Å². The van der Waals surface area contributed by atoms with Gasteiger partial charge in [-0.3, -0.25) is 9.48 Å². The minimum Gasteiger partial charge on any atom is -0.464 e. The van der Waals surface area contributed by atoms with E-state index in [0.29, 0.717) is 18.3 Å². The molecule has 5 nitrogen and oxygen atoms in total. The van der Waals surface area contributed by atoms with E-state index in [1.807, 2.05) is 0 Å². The Labute approximate surface area is 108 Å². The van der Waals surface area contributed by atoms with Gasteiger partial charge < -0.3 is 10.5 Å². The SMILES string of the molecule is CCCCC(CC)COC(=O)Cn1ccc(N)n1. The fourth-order valence-corrected chi connectivity index (χ4v) is 1.75. The molecule has 18 heavy (non-hydrogen) atoms. The molecule has 0 saturated carbocycles. The number of ether oxygens (including phenoxy) is 1. The Hall–Kier alpha value is -1.52. The van der Waals surface area contributed by atoms with Gasteiger partial charge in [0.15, 0.2) is 0 Å². The Morgan fingerprint density at radius 1 is 1.56 bits per heavy atom. The number of hydrogen-bond acceptors (Lipinski definition) is 4. The standard InChI is InChI=1S/C13H23N3O2/c1-3-5-6-11(4-2)10-18-13(17)9-16-8-7-12(14)15-16/h7-8,11H,3-6,9-10H2,1-2H3,(H2,14,15). The van der Waals surface area contributed by atoms with E-state index >= 15 is 0 Å². The van der Waals surface area contributed by atoms with Crippen molar-refractivity contribution in [3.8, 4) is 0 Å². The molecule has 0 radical (unpaired) electrons. The molecule has 0 aliphatic carbocycles. The summed E-state index contributed by atoms with van der Waals surface area (Å²) in [7, 11) is 0. The smallest absolute Gasteiger partial charge is 0.327 e. The highest BCUT2D eigenvalue weighted by molar-refractivity contribution is 5.69. The largest absolute Gasteiger partial charge is 0.464 e. The van der Waals surface area contributed by atoms with Crippen LogP contribution in [0.15, 0.2) is 12.3 Å². The van der Waals surface area contributed by atoms with Gasteiger partial charge in [0.25, 0.3) is 0 Å². The zero-order chi connectivity index (χ0) is 13.4. The van der Waals surface area contributed by atoms with E-state index in [1.54, 1.807) is 12.3 Å². The van der Waals surface area contributed by atoms with Crippen LogP contribution in [0.3, 0.4) is 0 Å². The van der Waals surface area contributed by atoms with Gasteiger partial charge in [0.2, 0.25) is 0 Å². The molecule has 1 unspecified atom stereocenters. The average molecular weight is 253 g/mol. The van der Waals surface area contributed by atoms with Gasteiger partial charge in [0.05, 0.1) is 6.61 Å². The number of carbonyl (C=O) groups excluding carboxylic acids is 1. The first-order chi connectivity index (χ1) is 8.65. The van der Waals surface area contributed by atoms with Crippen LogP contribution in [0.25, 0.3) is 0 Å². The minimum absolute atomic E-state index is 0.126. The van der Waals surface area contributed by atoms with E-state index in [1.165, 1.54) is 17.5 Å². The fourth-order valence-electron chi connectivity index (χ4n) is 1.75. The lowest BCUT2D eigenvalue weighted by Gasteiger charge is -2.14. The normalized spacial score (nSPS) is 12.3. The van der Waals surface area contributed by atoms with Crippen molar-refractivity contribution in [1.29, 1.82) is 0 Å². The lowest BCUT2D eigenvalue weighted by molar-refractivity contribution is -0.146. The number of hydrogen-bond donors (Lipinski definition) is 1. The molecule has 0 amide bonds. The molecule has 2 N–H and O–H groups in total. The Balaban J connectivity index is 2.27. The summed E-state index contributed by atoms with van der Waals surface area (Å²) in [5.74, 6) is 0.627. The molecule has 0 spiro atoms. The summed E-state index contributed by atoms with van der Waals surface area (Å²) in [6, 6.07) is 1.66. The molecule has 0 aromatic carbocycles. The molecule has 0 bridgehead atoms. The third-order valence-corrected chi connectivity index (χ3v) is 2.98. The highest BCUT2D eigenvalue weighted by Gasteiger charge is 2.10. The third-order valence-electron chi connectivity index (χ3n) is 2.98. The molecule has 0 saturated heterocycles. The maximum Gasteiger partial charge on any atom is 0.327 e. The number of anilines is 1. The van der Waals surface area contributed by atoms with E-state index in [4.69, 9.17) is 10.5 Å². The Morgan fingerprint density at radius 2 is 2.33 bits per heavy atom. The maximum absolute atomic E-state index is 11.6. The maximum atomic E-state index is 11.6. The molecule has 1 rings (SSSR count). The van der Waals surface area contributed by atoms with E-state index in [0.717, 1.165) is 12.8 Å². The molecule has 1 aromatic heterocycles. The van der Waals surface area contributed by atoms with Gasteiger partial charge in [-0.15, -0.1) is 0 Å². The number of rotatable bonds is 8. The number of nitrogens with zero attached hydrogens (tertiary/aromatic N) is 2. The summed E-state index contributed by atoms with van der Waals surface area (Å²) < 4.78 is 6.76. The molecule has 1 atom stereocenters. The van der Waals surface area contributed by atoms with E-state index in [-0.39, 0.29) is 12.5 Å². The summed E-state index contributed by atoms with van der Waals surface area (Å²) in [5.41, 5.74) is 5.47. The van der Waals surface area contributed by atoms with Crippen LogP contribution in [0.2, 0.25) is 0 Å². The number of carbonyl (C=O) groups is 1. The molecular formula is C13H23N3O2. The van der Waals surface area contributed by atoms with Gasteiger partial charge in [-0.2, -0.15) is 5.10 Å². The highest BCUT2D eigenvalue weighted by atomic mass is 16.5. The van der Waals surface area contributed by atoms with Crippen molar-refractivity contribution in [2.24, 2.45) is 5.92 Å². The summed E-state index contributed by atoms with van der Waals surface area (Å²) in [4.78, 5) is 11.6. The number of nitrogens with two attached hydrogens (primary N) is 1. The van der Waals surface area contributed by atoms with Crippen LogP contribution >= 0.6 is 0 Å². The van der Waals surface area contributed by atoms with Gasteiger partial charge in [0, 0.05) is 6.20 Å². The van der Waals surface area contributed by atoms with Gasteiger partial charge >= 0.3 is 5.97 Å². The number of aromatic nitrogens is 2.